The van der Waals surface area contributed by atoms with Gasteiger partial charge in [0.15, 0.2) is 0 Å². The number of aliphatic hydroxyl groups is 2. The molecule has 0 spiro atoms. The third-order valence-electron chi connectivity index (χ3n) is 7.02. The van der Waals surface area contributed by atoms with Crippen molar-refractivity contribution in [3.63, 3.8) is 0 Å². The molecular weight excluding hydrogens is 493 g/mol. The third kappa shape index (κ3) is 6.39. The molecule has 7 atom stereocenters. The number of aliphatic hydroxyl groups excluding tert-OH is 2. The molecule has 0 amide bonds. The zero-order chi connectivity index (χ0) is 23.3. The van der Waals surface area contributed by atoms with Gasteiger partial charge in [0, 0.05) is 67.4 Å². The molecule has 1 radical (unpaired) electrons. The summed E-state index contributed by atoms with van der Waals surface area (Å²) in [4.78, 5) is 15.4. The number of rotatable bonds is 9. The average Bonchev–Trinajstić information content (AvgIpc) is 3.11. The predicted octanol–water partition coefficient (Wildman–Crippen LogP) is 5.03. The zero-order valence-electron chi connectivity index (χ0n) is 19.2. The minimum absolute atomic E-state index is 0. The van der Waals surface area contributed by atoms with Gasteiger partial charge in [0.25, 0.3) is 0 Å². The van der Waals surface area contributed by atoms with E-state index in [-0.39, 0.29) is 55.4 Å². The van der Waals surface area contributed by atoms with Crippen molar-refractivity contribution in [1.82, 2.24) is 0 Å². The minimum Gasteiger partial charge on any atom is -0.392 e. The Morgan fingerprint density at radius 2 is 2.15 bits per heavy atom. The number of nitrogens with zero attached hydrogens (tertiary/aromatic N) is 2. The smallest absolute Gasteiger partial charge is 0.238 e. The van der Waals surface area contributed by atoms with Crippen molar-refractivity contribution in [3.05, 3.63) is 87.6 Å². The van der Waals surface area contributed by atoms with Crippen molar-refractivity contribution in [3.8, 4) is 0 Å². The molecule has 1 fully saturated rings. The molecule has 6 nitrogen and oxygen atoms in total. The Hall–Kier alpha value is -1.39. The van der Waals surface area contributed by atoms with Gasteiger partial charge in [0.05, 0.1) is 12.2 Å². The molecule has 7 heteroatoms. The second-order valence-corrected chi connectivity index (χ2v) is 9.03. The van der Waals surface area contributed by atoms with Gasteiger partial charge in [-0.25, -0.2) is 6.57 Å². The van der Waals surface area contributed by atoms with Crippen LogP contribution in [0.2, 0.25) is 0 Å². The van der Waals surface area contributed by atoms with Crippen molar-refractivity contribution in [2.75, 3.05) is 0 Å². The molecule has 0 saturated heterocycles. The normalized spacial score (nSPS) is 29.6. The monoisotopic (exact) mass is 526 g/mol. The first-order valence-electron chi connectivity index (χ1n) is 11.5. The van der Waals surface area contributed by atoms with Crippen LogP contribution in [0.15, 0.2) is 48.1 Å². The topological polar surface area (TPSA) is 88.0 Å². The van der Waals surface area contributed by atoms with Crippen LogP contribution < -0.4 is 0 Å². The van der Waals surface area contributed by atoms with E-state index < -0.39 is 24.3 Å². The molecule has 2 aliphatic rings. The summed E-state index contributed by atoms with van der Waals surface area (Å²) in [5.41, 5.74) is 2.40. The maximum absolute atomic E-state index is 11.8. The predicted molar refractivity (Wildman–Crippen MR) is 124 cm³/mol. The third-order valence-corrected chi connectivity index (χ3v) is 7.02. The molecule has 1 saturated carbocycles. The summed E-state index contributed by atoms with van der Waals surface area (Å²) in [7, 11) is 0. The Morgan fingerprint density at radius 3 is 2.79 bits per heavy atom. The average molecular weight is 526 g/mol. The van der Waals surface area contributed by atoms with Crippen LogP contribution in [-0.4, -0.2) is 33.3 Å². The summed E-state index contributed by atoms with van der Waals surface area (Å²) in [5, 5.41) is 33.3. The van der Waals surface area contributed by atoms with Gasteiger partial charge in [0.1, 0.15) is 0 Å². The quantitative estimate of drug-likeness (QED) is 0.268. The van der Waals surface area contributed by atoms with E-state index in [9.17, 15) is 20.3 Å². The first kappa shape index (κ1) is 27.9. The molecule has 0 bridgehead atoms. The SMILES string of the molecule is [C-]#[N+][C@@H]1C[C@@H](O)C(c2cccc(C(O)CCCC)c2)C1CC1=CC=CC(C[CH2-])C1[N+](=O)[O-].[Y]. The van der Waals surface area contributed by atoms with E-state index in [1.807, 2.05) is 36.4 Å². The van der Waals surface area contributed by atoms with Crippen LogP contribution in [0.1, 0.15) is 68.6 Å². The largest absolute Gasteiger partial charge is 0.392 e. The van der Waals surface area contributed by atoms with Gasteiger partial charge in [-0.2, -0.15) is 6.42 Å². The fourth-order valence-electron chi connectivity index (χ4n) is 5.32. The number of hydrogen-bond acceptors (Lipinski definition) is 4. The van der Waals surface area contributed by atoms with Crippen LogP contribution in [-0.2, 0) is 32.7 Å². The summed E-state index contributed by atoms with van der Waals surface area (Å²) in [6, 6.07) is 6.40. The first-order chi connectivity index (χ1) is 15.4. The molecule has 0 heterocycles. The van der Waals surface area contributed by atoms with Gasteiger partial charge in [-0.05, 0) is 24.0 Å². The van der Waals surface area contributed by atoms with Crippen LogP contribution in [0.5, 0.6) is 0 Å². The van der Waals surface area contributed by atoms with Crippen molar-refractivity contribution in [2.45, 2.75) is 75.7 Å². The van der Waals surface area contributed by atoms with E-state index in [1.165, 1.54) is 0 Å². The Bertz CT molecular complexity index is 910. The van der Waals surface area contributed by atoms with Gasteiger partial charge in [-0.15, -0.1) is 0 Å². The number of benzene rings is 1. The van der Waals surface area contributed by atoms with Gasteiger partial charge >= 0.3 is 0 Å². The van der Waals surface area contributed by atoms with Crippen LogP contribution >= 0.6 is 0 Å². The molecule has 0 aliphatic heterocycles. The van der Waals surface area contributed by atoms with Gasteiger partial charge in [-0.1, -0.05) is 62.3 Å². The maximum Gasteiger partial charge on any atom is 0.238 e. The Morgan fingerprint density at radius 1 is 1.39 bits per heavy atom. The van der Waals surface area contributed by atoms with E-state index >= 15 is 0 Å². The van der Waals surface area contributed by atoms with Crippen molar-refractivity contribution >= 4 is 0 Å². The number of nitro groups is 1. The van der Waals surface area contributed by atoms with E-state index in [0.717, 1.165) is 24.0 Å². The van der Waals surface area contributed by atoms with Crippen LogP contribution in [0.25, 0.3) is 4.85 Å². The van der Waals surface area contributed by atoms with E-state index in [4.69, 9.17) is 6.57 Å². The molecule has 2 aliphatic carbocycles. The zero-order valence-corrected chi connectivity index (χ0v) is 22.1. The summed E-state index contributed by atoms with van der Waals surface area (Å²) in [6.45, 7) is 13.6. The summed E-state index contributed by atoms with van der Waals surface area (Å²) >= 11 is 0. The second kappa shape index (κ2) is 12.9. The van der Waals surface area contributed by atoms with E-state index in [2.05, 4.69) is 18.7 Å². The molecule has 1 aromatic rings. The fraction of sp³-hybridized carbons (Fsp3) is 0.538. The number of allylic oxidation sites excluding steroid dienone is 2. The standard InChI is InChI=1S/C26H33N2O4.Y/c1-4-6-13-23(29)18-10-8-11-19(14-18)25-21(22(27-3)16-24(25)30)15-20-12-7-9-17(5-2)26(20)28(31)32;/h7-12,14,17,21-26,29-30H,2,4-6,13,15-16H2,1H3;/q-1;/t17?,21?,22-,23?,24-,25?,26?;/m1./s1. The Kier molecular flexibility index (Phi) is 10.9. The molecule has 0 aromatic heterocycles. The summed E-state index contributed by atoms with van der Waals surface area (Å²) in [6.07, 6.45) is 8.01. The van der Waals surface area contributed by atoms with Crippen molar-refractivity contribution < 1.29 is 47.8 Å². The molecule has 5 unspecified atom stereocenters. The van der Waals surface area contributed by atoms with Crippen LogP contribution in [0.4, 0.5) is 0 Å². The maximum atomic E-state index is 11.8. The molecule has 1 aromatic carbocycles. The number of hydrogen-bond donors (Lipinski definition) is 2. The fourth-order valence-corrected chi connectivity index (χ4v) is 5.32. The molecular formula is C26H33N2O4Y-. The second-order valence-electron chi connectivity index (χ2n) is 9.03. The molecule has 33 heavy (non-hydrogen) atoms. The van der Waals surface area contributed by atoms with E-state index in [0.29, 0.717) is 31.3 Å². The van der Waals surface area contributed by atoms with Crippen molar-refractivity contribution in [1.29, 1.82) is 0 Å². The summed E-state index contributed by atoms with van der Waals surface area (Å²) in [5.74, 6) is -0.792. The Balaban J connectivity index is 0.00000385. The Labute approximate surface area is 222 Å². The van der Waals surface area contributed by atoms with Gasteiger partial charge in [-0.3, -0.25) is 10.1 Å². The minimum atomic E-state index is -0.843. The van der Waals surface area contributed by atoms with Gasteiger partial charge in [0.2, 0.25) is 12.1 Å². The van der Waals surface area contributed by atoms with Crippen molar-refractivity contribution in [2.24, 2.45) is 11.8 Å². The first-order valence-corrected chi connectivity index (χ1v) is 11.5. The molecule has 2 N–H and O–H groups in total. The number of unbranched alkanes of at least 4 members (excludes halogenated alkanes) is 1. The van der Waals surface area contributed by atoms with Crippen LogP contribution in [0, 0.1) is 35.4 Å². The van der Waals surface area contributed by atoms with Crippen LogP contribution in [0.3, 0.4) is 0 Å². The summed E-state index contributed by atoms with van der Waals surface area (Å²) < 4.78 is 0. The molecule has 175 valence electrons. The molecule has 3 rings (SSSR count). The van der Waals surface area contributed by atoms with Gasteiger partial charge < -0.3 is 22.0 Å². The van der Waals surface area contributed by atoms with E-state index in [1.54, 1.807) is 6.08 Å².